The second kappa shape index (κ2) is 9.75. The Labute approximate surface area is 155 Å². The molecule has 0 aliphatic carbocycles. The smallest absolute Gasteiger partial charge is 0.338 e. The van der Waals surface area contributed by atoms with Crippen molar-refractivity contribution >= 4 is 35.9 Å². The largest absolute Gasteiger partial charge is 0.462 e. The third-order valence-corrected chi connectivity index (χ3v) is 4.00. The van der Waals surface area contributed by atoms with Gasteiger partial charge in [0, 0.05) is 13.1 Å². The highest BCUT2D eigenvalue weighted by Gasteiger charge is 2.16. The topological polar surface area (TPSA) is 67.9 Å². The molecule has 1 saturated heterocycles. The van der Waals surface area contributed by atoms with Crippen LogP contribution in [0.15, 0.2) is 29.3 Å². The van der Waals surface area contributed by atoms with Gasteiger partial charge in [-0.1, -0.05) is 19.1 Å². The van der Waals surface area contributed by atoms with E-state index in [1.807, 2.05) is 12.1 Å². The van der Waals surface area contributed by atoms with E-state index in [9.17, 15) is 4.79 Å². The van der Waals surface area contributed by atoms with E-state index in [1.54, 1.807) is 19.1 Å². The number of nitrogens with zero attached hydrogens (tertiary/aromatic N) is 2. The van der Waals surface area contributed by atoms with Gasteiger partial charge >= 0.3 is 5.97 Å². The van der Waals surface area contributed by atoms with Crippen LogP contribution in [-0.4, -0.2) is 36.5 Å². The van der Waals surface area contributed by atoms with Gasteiger partial charge in [-0.05, 0) is 43.4 Å². The number of hydrogen-bond acceptors (Lipinski definition) is 3. The summed E-state index contributed by atoms with van der Waals surface area (Å²) in [6.07, 6.45) is 2.34. The minimum absolute atomic E-state index is 0. The number of carbonyl (C=O) groups excluding carboxylic acids is 1. The number of halogens is 1. The minimum atomic E-state index is -0.292. The molecule has 0 bridgehead atoms. The van der Waals surface area contributed by atoms with Gasteiger partial charge in [0.2, 0.25) is 0 Å². The Morgan fingerprint density at radius 3 is 2.48 bits per heavy atom. The Bertz CT molecular complexity index is 523. The molecule has 23 heavy (non-hydrogen) atoms. The standard InChI is InChI=1S/C17H25N3O2.HI/c1-3-22-16(21)15-6-4-14(5-7-15)12-19-17(18)20-10-8-13(2)9-11-20;/h4-7,13H,3,8-12H2,1-2H3,(H2,18,19);1H. The Balaban J connectivity index is 0.00000264. The summed E-state index contributed by atoms with van der Waals surface area (Å²) in [5.74, 6) is 1.10. The summed E-state index contributed by atoms with van der Waals surface area (Å²) in [6.45, 7) is 6.95. The van der Waals surface area contributed by atoms with Crippen molar-refractivity contribution in [3.05, 3.63) is 35.4 Å². The number of hydrogen-bond donors (Lipinski definition) is 1. The zero-order valence-electron chi connectivity index (χ0n) is 13.8. The van der Waals surface area contributed by atoms with E-state index in [0.29, 0.717) is 24.7 Å². The Morgan fingerprint density at radius 2 is 1.91 bits per heavy atom. The summed E-state index contributed by atoms with van der Waals surface area (Å²) in [5.41, 5.74) is 7.65. The normalized spacial score (nSPS) is 15.9. The maximum atomic E-state index is 11.6. The summed E-state index contributed by atoms with van der Waals surface area (Å²) in [5, 5.41) is 0. The van der Waals surface area contributed by atoms with Crippen molar-refractivity contribution < 1.29 is 9.53 Å². The minimum Gasteiger partial charge on any atom is -0.462 e. The van der Waals surface area contributed by atoms with Crippen molar-refractivity contribution in [1.29, 1.82) is 0 Å². The molecule has 0 unspecified atom stereocenters. The molecule has 1 aliphatic rings. The van der Waals surface area contributed by atoms with Crippen LogP contribution in [0.25, 0.3) is 0 Å². The van der Waals surface area contributed by atoms with Crippen molar-refractivity contribution in [3.63, 3.8) is 0 Å². The average molecular weight is 431 g/mol. The van der Waals surface area contributed by atoms with Gasteiger partial charge in [-0.2, -0.15) is 0 Å². The number of piperidine rings is 1. The highest BCUT2D eigenvalue weighted by Crippen LogP contribution is 2.15. The van der Waals surface area contributed by atoms with E-state index in [-0.39, 0.29) is 29.9 Å². The molecule has 0 saturated carbocycles. The highest BCUT2D eigenvalue weighted by molar-refractivity contribution is 14.0. The van der Waals surface area contributed by atoms with E-state index >= 15 is 0 Å². The zero-order chi connectivity index (χ0) is 15.9. The third kappa shape index (κ3) is 6.01. The molecule has 0 aromatic heterocycles. The quantitative estimate of drug-likeness (QED) is 0.345. The molecule has 0 spiro atoms. The zero-order valence-corrected chi connectivity index (χ0v) is 16.2. The number of nitrogens with two attached hydrogens (primary N) is 1. The van der Waals surface area contributed by atoms with E-state index in [4.69, 9.17) is 10.5 Å². The molecule has 6 heteroatoms. The molecular weight excluding hydrogens is 405 g/mol. The monoisotopic (exact) mass is 431 g/mol. The van der Waals surface area contributed by atoms with Crippen LogP contribution in [0, 0.1) is 5.92 Å². The number of guanidine groups is 1. The fourth-order valence-corrected chi connectivity index (χ4v) is 2.47. The van der Waals surface area contributed by atoms with Gasteiger partial charge in [0.25, 0.3) is 0 Å². The predicted octanol–water partition coefficient (Wildman–Crippen LogP) is 3.03. The number of esters is 1. The fraction of sp³-hybridized carbons (Fsp3) is 0.529. The van der Waals surface area contributed by atoms with Crippen LogP contribution in [0.2, 0.25) is 0 Å². The first-order valence-corrected chi connectivity index (χ1v) is 7.91. The molecule has 2 N–H and O–H groups in total. The van der Waals surface area contributed by atoms with Crippen LogP contribution >= 0.6 is 24.0 Å². The van der Waals surface area contributed by atoms with Gasteiger partial charge in [0.05, 0.1) is 18.7 Å². The Morgan fingerprint density at radius 1 is 1.30 bits per heavy atom. The van der Waals surface area contributed by atoms with Crippen molar-refractivity contribution in [3.8, 4) is 0 Å². The van der Waals surface area contributed by atoms with Crippen LogP contribution in [0.3, 0.4) is 0 Å². The fourth-order valence-electron chi connectivity index (χ4n) is 2.47. The van der Waals surface area contributed by atoms with Crippen LogP contribution in [0.5, 0.6) is 0 Å². The lowest BCUT2D eigenvalue weighted by Gasteiger charge is -2.31. The van der Waals surface area contributed by atoms with Gasteiger partial charge in [0.1, 0.15) is 0 Å². The summed E-state index contributed by atoms with van der Waals surface area (Å²) in [4.78, 5) is 18.2. The average Bonchev–Trinajstić information content (AvgIpc) is 2.54. The van der Waals surface area contributed by atoms with Gasteiger partial charge in [-0.3, -0.25) is 0 Å². The van der Waals surface area contributed by atoms with Gasteiger partial charge in [-0.15, -0.1) is 24.0 Å². The second-order valence-electron chi connectivity index (χ2n) is 5.76. The maximum absolute atomic E-state index is 11.6. The number of aliphatic imine (C=N–C) groups is 1. The Hall–Kier alpha value is -1.31. The molecule has 1 heterocycles. The first kappa shape index (κ1) is 19.7. The molecule has 1 aromatic rings. The molecular formula is C17H26IN3O2. The lowest BCUT2D eigenvalue weighted by atomic mass is 10.00. The molecule has 1 aromatic carbocycles. The first-order chi connectivity index (χ1) is 10.6. The summed E-state index contributed by atoms with van der Waals surface area (Å²) >= 11 is 0. The van der Waals surface area contributed by atoms with Crippen LogP contribution in [0.1, 0.15) is 42.6 Å². The lowest BCUT2D eigenvalue weighted by Crippen LogP contribution is -2.42. The van der Waals surface area contributed by atoms with E-state index in [1.165, 1.54) is 12.8 Å². The lowest BCUT2D eigenvalue weighted by molar-refractivity contribution is 0.0526. The SMILES string of the molecule is CCOC(=O)c1ccc(CN=C(N)N2CCC(C)CC2)cc1.I. The van der Waals surface area contributed by atoms with Crippen molar-refractivity contribution in [2.45, 2.75) is 33.2 Å². The summed E-state index contributed by atoms with van der Waals surface area (Å²) < 4.78 is 4.96. The van der Waals surface area contributed by atoms with E-state index < -0.39 is 0 Å². The van der Waals surface area contributed by atoms with Crippen LogP contribution in [-0.2, 0) is 11.3 Å². The van der Waals surface area contributed by atoms with E-state index in [0.717, 1.165) is 24.6 Å². The number of likely N-dealkylation sites (tertiary alicyclic amines) is 1. The van der Waals surface area contributed by atoms with Crippen molar-refractivity contribution in [1.82, 2.24) is 4.90 Å². The molecule has 1 fully saturated rings. The van der Waals surface area contributed by atoms with Gasteiger partial charge in [0.15, 0.2) is 5.96 Å². The summed E-state index contributed by atoms with van der Waals surface area (Å²) in [6, 6.07) is 7.31. The van der Waals surface area contributed by atoms with Crippen molar-refractivity contribution in [2.24, 2.45) is 16.6 Å². The van der Waals surface area contributed by atoms with Gasteiger partial charge in [-0.25, -0.2) is 9.79 Å². The molecule has 5 nitrogen and oxygen atoms in total. The molecule has 0 atom stereocenters. The molecule has 1 aliphatic heterocycles. The number of carbonyl (C=O) groups is 1. The Kier molecular flexibility index (Phi) is 8.36. The third-order valence-electron chi connectivity index (χ3n) is 4.00. The second-order valence-corrected chi connectivity index (χ2v) is 5.76. The number of rotatable bonds is 4. The van der Waals surface area contributed by atoms with Crippen LogP contribution < -0.4 is 5.73 Å². The van der Waals surface area contributed by atoms with Crippen LogP contribution in [0.4, 0.5) is 0 Å². The predicted molar refractivity (Wildman–Crippen MR) is 103 cm³/mol. The molecule has 0 radical (unpaired) electrons. The van der Waals surface area contributed by atoms with E-state index in [2.05, 4.69) is 16.8 Å². The maximum Gasteiger partial charge on any atom is 0.338 e. The number of benzene rings is 1. The highest BCUT2D eigenvalue weighted by atomic mass is 127. The number of ether oxygens (including phenoxy) is 1. The van der Waals surface area contributed by atoms with Gasteiger partial charge < -0.3 is 15.4 Å². The molecule has 128 valence electrons. The van der Waals surface area contributed by atoms with Crippen molar-refractivity contribution in [2.75, 3.05) is 19.7 Å². The first-order valence-electron chi connectivity index (χ1n) is 7.91. The molecule has 0 amide bonds. The molecule has 2 rings (SSSR count). The summed E-state index contributed by atoms with van der Waals surface area (Å²) in [7, 11) is 0.